The fraction of sp³-hybridized carbons (Fsp3) is 0.312. The van der Waals surface area contributed by atoms with Gasteiger partial charge in [0.2, 0.25) is 5.88 Å². The van der Waals surface area contributed by atoms with Crippen molar-refractivity contribution >= 4 is 11.6 Å². The minimum Gasteiger partial charge on any atom is -0.473 e. The maximum absolute atomic E-state index is 6.14. The highest BCUT2D eigenvalue weighted by Gasteiger charge is 2.05. The Bertz CT molecular complexity index is 543. The Morgan fingerprint density at radius 3 is 2.70 bits per heavy atom. The largest absolute Gasteiger partial charge is 0.473 e. The van der Waals surface area contributed by atoms with E-state index in [4.69, 9.17) is 16.3 Å². The van der Waals surface area contributed by atoms with Gasteiger partial charge in [-0.05, 0) is 11.1 Å². The number of benzene rings is 1. The van der Waals surface area contributed by atoms with E-state index < -0.39 is 0 Å². The molecule has 1 aromatic carbocycles. The first kappa shape index (κ1) is 14.8. The summed E-state index contributed by atoms with van der Waals surface area (Å²) in [5.74, 6) is 0.596. The van der Waals surface area contributed by atoms with Gasteiger partial charge >= 0.3 is 0 Å². The molecule has 0 saturated carbocycles. The highest BCUT2D eigenvalue weighted by Crippen LogP contribution is 2.20. The van der Waals surface area contributed by atoms with Gasteiger partial charge in [-0.3, -0.25) is 0 Å². The van der Waals surface area contributed by atoms with Crippen LogP contribution in [0.1, 0.15) is 25.0 Å². The second-order valence-electron chi connectivity index (χ2n) is 4.92. The number of pyridine rings is 1. The second-order valence-corrected chi connectivity index (χ2v) is 5.33. The number of hydrogen-bond donors (Lipinski definition) is 1. The third kappa shape index (κ3) is 4.51. The van der Waals surface area contributed by atoms with E-state index >= 15 is 0 Å². The topological polar surface area (TPSA) is 34.1 Å². The summed E-state index contributed by atoms with van der Waals surface area (Å²) in [6.07, 6.45) is 1.64. The first-order chi connectivity index (χ1) is 9.65. The average molecular weight is 291 g/mol. The summed E-state index contributed by atoms with van der Waals surface area (Å²) in [5, 5.41) is 3.99. The molecule has 2 rings (SSSR count). The number of rotatable bonds is 6. The minimum atomic E-state index is 0.410. The van der Waals surface area contributed by atoms with Crippen molar-refractivity contribution in [2.45, 2.75) is 33.0 Å². The highest BCUT2D eigenvalue weighted by atomic mass is 35.5. The highest BCUT2D eigenvalue weighted by molar-refractivity contribution is 6.31. The second kappa shape index (κ2) is 7.27. The number of ether oxygens (including phenoxy) is 1. The van der Waals surface area contributed by atoms with E-state index in [1.54, 1.807) is 6.20 Å². The minimum absolute atomic E-state index is 0.410. The van der Waals surface area contributed by atoms with Crippen molar-refractivity contribution in [3.05, 3.63) is 58.7 Å². The first-order valence-electron chi connectivity index (χ1n) is 6.69. The Morgan fingerprint density at radius 2 is 2.00 bits per heavy atom. The first-order valence-corrected chi connectivity index (χ1v) is 7.07. The summed E-state index contributed by atoms with van der Waals surface area (Å²) >= 11 is 6.14. The van der Waals surface area contributed by atoms with Crippen molar-refractivity contribution in [1.82, 2.24) is 10.3 Å². The molecule has 0 bridgehead atoms. The normalized spacial score (nSPS) is 10.8. The molecule has 0 radical (unpaired) electrons. The Morgan fingerprint density at radius 1 is 1.25 bits per heavy atom. The van der Waals surface area contributed by atoms with Gasteiger partial charge in [-0.15, -0.1) is 0 Å². The van der Waals surface area contributed by atoms with Crippen LogP contribution in [0.15, 0.2) is 42.6 Å². The number of nitrogens with one attached hydrogen (secondary N) is 1. The van der Waals surface area contributed by atoms with E-state index in [0.717, 1.165) is 11.1 Å². The van der Waals surface area contributed by atoms with Crippen LogP contribution in [-0.4, -0.2) is 11.0 Å². The number of halogens is 1. The molecule has 3 nitrogen and oxygen atoms in total. The van der Waals surface area contributed by atoms with Gasteiger partial charge in [-0.1, -0.05) is 55.8 Å². The molecule has 106 valence electrons. The van der Waals surface area contributed by atoms with Crippen LogP contribution in [0.4, 0.5) is 0 Å². The Hall–Kier alpha value is -1.58. The summed E-state index contributed by atoms with van der Waals surface area (Å²) in [5.41, 5.74) is 2.12. The van der Waals surface area contributed by atoms with E-state index in [0.29, 0.717) is 30.1 Å². The fourth-order valence-corrected chi connectivity index (χ4v) is 1.89. The molecule has 0 spiro atoms. The zero-order valence-electron chi connectivity index (χ0n) is 11.8. The molecule has 0 amide bonds. The molecule has 1 heterocycles. The van der Waals surface area contributed by atoms with Crippen molar-refractivity contribution in [3.63, 3.8) is 0 Å². The maximum atomic E-state index is 6.14. The molecule has 0 aliphatic rings. The van der Waals surface area contributed by atoms with Crippen molar-refractivity contribution < 1.29 is 4.74 Å². The molecule has 4 heteroatoms. The summed E-state index contributed by atoms with van der Waals surface area (Å²) in [6.45, 7) is 5.41. The van der Waals surface area contributed by atoms with Gasteiger partial charge in [0.25, 0.3) is 0 Å². The molecule has 20 heavy (non-hydrogen) atoms. The van der Waals surface area contributed by atoms with Gasteiger partial charge in [0, 0.05) is 24.8 Å². The maximum Gasteiger partial charge on any atom is 0.213 e. The summed E-state index contributed by atoms with van der Waals surface area (Å²) in [7, 11) is 0. The SMILES string of the molecule is CC(C)NCc1cc(OCc2ccccc2)ncc1Cl. The van der Waals surface area contributed by atoms with E-state index in [-0.39, 0.29) is 0 Å². The van der Waals surface area contributed by atoms with Gasteiger partial charge in [0.1, 0.15) is 6.61 Å². The van der Waals surface area contributed by atoms with Crippen molar-refractivity contribution in [2.24, 2.45) is 0 Å². The van der Waals surface area contributed by atoms with Gasteiger partial charge in [-0.2, -0.15) is 0 Å². The van der Waals surface area contributed by atoms with Crippen LogP contribution in [0.25, 0.3) is 0 Å². The zero-order chi connectivity index (χ0) is 14.4. The van der Waals surface area contributed by atoms with Crippen molar-refractivity contribution in [2.75, 3.05) is 0 Å². The summed E-state index contributed by atoms with van der Waals surface area (Å²) in [6, 6.07) is 12.3. The number of nitrogens with zero attached hydrogens (tertiary/aromatic N) is 1. The molecule has 0 aliphatic heterocycles. The molecule has 0 unspecified atom stereocenters. The van der Waals surface area contributed by atoms with Crippen LogP contribution in [0.3, 0.4) is 0 Å². The van der Waals surface area contributed by atoms with Crippen LogP contribution < -0.4 is 10.1 Å². The van der Waals surface area contributed by atoms with Crippen molar-refractivity contribution in [3.8, 4) is 5.88 Å². The molecule has 0 fully saturated rings. The van der Waals surface area contributed by atoms with E-state index in [1.165, 1.54) is 0 Å². The Labute approximate surface area is 124 Å². The van der Waals surface area contributed by atoms with Crippen LogP contribution >= 0.6 is 11.6 Å². The molecule has 0 atom stereocenters. The molecule has 0 aliphatic carbocycles. The lowest BCUT2D eigenvalue weighted by atomic mass is 10.2. The van der Waals surface area contributed by atoms with Crippen LogP contribution in [-0.2, 0) is 13.2 Å². The fourth-order valence-electron chi connectivity index (χ4n) is 1.72. The van der Waals surface area contributed by atoms with Gasteiger partial charge in [-0.25, -0.2) is 4.98 Å². The standard InChI is InChI=1S/C16H19ClN2O/c1-12(2)18-9-14-8-16(19-10-15(14)17)20-11-13-6-4-3-5-7-13/h3-8,10,12,18H,9,11H2,1-2H3. The zero-order valence-corrected chi connectivity index (χ0v) is 12.5. The lowest BCUT2D eigenvalue weighted by molar-refractivity contribution is 0.293. The van der Waals surface area contributed by atoms with Crippen LogP contribution in [0.2, 0.25) is 5.02 Å². The molecular weight excluding hydrogens is 272 g/mol. The van der Waals surface area contributed by atoms with Crippen LogP contribution in [0.5, 0.6) is 5.88 Å². The molecule has 1 N–H and O–H groups in total. The Balaban J connectivity index is 2.00. The lowest BCUT2D eigenvalue weighted by Crippen LogP contribution is -2.22. The predicted octanol–water partition coefficient (Wildman–Crippen LogP) is 3.81. The average Bonchev–Trinajstić information content (AvgIpc) is 2.46. The number of hydrogen-bond acceptors (Lipinski definition) is 3. The monoisotopic (exact) mass is 290 g/mol. The third-order valence-electron chi connectivity index (χ3n) is 2.84. The lowest BCUT2D eigenvalue weighted by Gasteiger charge is -2.11. The molecule has 0 saturated heterocycles. The van der Waals surface area contributed by atoms with Gasteiger partial charge < -0.3 is 10.1 Å². The van der Waals surface area contributed by atoms with Gasteiger partial charge in [0.15, 0.2) is 0 Å². The molecule has 2 aromatic rings. The third-order valence-corrected chi connectivity index (χ3v) is 3.18. The van der Waals surface area contributed by atoms with Crippen LogP contribution in [0, 0.1) is 0 Å². The summed E-state index contributed by atoms with van der Waals surface area (Å²) in [4.78, 5) is 4.20. The Kier molecular flexibility index (Phi) is 5.39. The van der Waals surface area contributed by atoms with E-state index in [1.807, 2.05) is 36.4 Å². The predicted molar refractivity (Wildman–Crippen MR) is 82.0 cm³/mol. The molecule has 1 aromatic heterocycles. The van der Waals surface area contributed by atoms with E-state index in [2.05, 4.69) is 24.1 Å². The molecular formula is C16H19ClN2O. The smallest absolute Gasteiger partial charge is 0.213 e. The summed E-state index contributed by atoms with van der Waals surface area (Å²) < 4.78 is 5.70. The van der Waals surface area contributed by atoms with Crippen molar-refractivity contribution in [1.29, 1.82) is 0 Å². The quantitative estimate of drug-likeness (QED) is 0.878. The number of aromatic nitrogens is 1. The van der Waals surface area contributed by atoms with E-state index in [9.17, 15) is 0 Å². The van der Waals surface area contributed by atoms with Gasteiger partial charge in [0.05, 0.1) is 5.02 Å².